The first-order valence-corrected chi connectivity index (χ1v) is 9.31. The largest absolute Gasteiger partial charge is 0.492 e. The van der Waals surface area contributed by atoms with Gasteiger partial charge in [0.1, 0.15) is 12.4 Å². The predicted molar refractivity (Wildman–Crippen MR) is 105 cm³/mol. The molecule has 3 heteroatoms. The van der Waals surface area contributed by atoms with Gasteiger partial charge < -0.3 is 10.1 Å². The van der Waals surface area contributed by atoms with E-state index >= 15 is 0 Å². The molecule has 0 aromatic heterocycles. The molecule has 0 spiro atoms. The summed E-state index contributed by atoms with van der Waals surface area (Å²) in [7, 11) is 0. The molecule has 1 N–H and O–H groups in total. The molecule has 3 aromatic carbocycles. The molecular formula is C23H23NO2. The molecule has 132 valence electrons. The number of fused-ring (bicyclic) bond motifs is 2. The summed E-state index contributed by atoms with van der Waals surface area (Å²) in [6.07, 6.45) is 4.70. The van der Waals surface area contributed by atoms with Gasteiger partial charge in [0.25, 0.3) is 5.91 Å². The summed E-state index contributed by atoms with van der Waals surface area (Å²) >= 11 is 0. The molecular weight excluding hydrogens is 322 g/mol. The Morgan fingerprint density at radius 3 is 2.58 bits per heavy atom. The number of amides is 1. The van der Waals surface area contributed by atoms with Crippen LogP contribution >= 0.6 is 0 Å². The quantitative estimate of drug-likeness (QED) is 0.690. The molecule has 1 aliphatic rings. The average molecular weight is 345 g/mol. The molecule has 1 amide bonds. The first-order valence-electron chi connectivity index (χ1n) is 9.31. The van der Waals surface area contributed by atoms with E-state index in [4.69, 9.17) is 4.74 Å². The number of nitrogens with one attached hydrogen (secondary N) is 1. The molecule has 0 radical (unpaired) electrons. The highest BCUT2D eigenvalue weighted by molar-refractivity contribution is 5.94. The Bertz CT molecular complexity index is 932. The van der Waals surface area contributed by atoms with Crippen molar-refractivity contribution in [1.29, 1.82) is 0 Å². The standard InChI is InChI=1S/C23H23NO2/c25-23(21-10-9-17-5-1-3-7-19(17)15-21)24-13-14-26-22-12-11-18-6-2-4-8-20(18)16-22/h2,4,6,8-12,15-16H,1,3,5,7,13-14H2,(H,24,25). The van der Waals surface area contributed by atoms with Crippen molar-refractivity contribution in [2.45, 2.75) is 25.7 Å². The van der Waals surface area contributed by atoms with Crippen molar-refractivity contribution in [3.8, 4) is 5.75 Å². The Morgan fingerprint density at radius 2 is 1.69 bits per heavy atom. The Kier molecular flexibility index (Phi) is 4.87. The molecule has 3 aromatic rings. The highest BCUT2D eigenvalue weighted by atomic mass is 16.5. The fourth-order valence-electron chi connectivity index (χ4n) is 3.57. The van der Waals surface area contributed by atoms with Crippen molar-refractivity contribution < 1.29 is 9.53 Å². The second kappa shape index (κ2) is 7.61. The van der Waals surface area contributed by atoms with Gasteiger partial charge in [-0.3, -0.25) is 4.79 Å². The van der Waals surface area contributed by atoms with Crippen LogP contribution in [0.25, 0.3) is 10.8 Å². The smallest absolute Gasteiger partial charge is 0.251 e. The van der Waals surface area contributed by atoms with Gasteiger partial charge in [0.05, 0.1) is 6.54 Å². The maximum absolute atomic E-state index is 12.3. The van der Waals surface area contributed by atoms with E-state index < -0.39 is 0 Å². The Hall–Kier alpha value is -2.81. The number of carbonyl (C=O) groups excluding carboxylic acids is 1. The molecule has 4 rings (SSSR count). The van der Waals surface area contributed by atoms with E-state index in [0.29, 0.717) is 13.2 Å². The van der Waals surface area contributed by atoms with Crippen LogP contribution in [0.5, 0.6) is 5.75 Å². The van der Waals surface area contributed by atoms with Crippen molar-refractivity contribution >= 4 is 16.7 Å². The lowest BCUT2D eigenvalue weighted by Crippen LogP contribution is -2.28. The topological polar surface area (TPSA) is 38.3 Å². The van der Waals surface area contributed by atoms with Crippen LogP contribution in [0.2, 0.25) is 0 Å². The second-order valence-corrected chi connectivity index (χ2v) is 6.80. The molecule has 1 aliphatic carbocycles. The van der Waals surface area contributed by atoms with Gasteiger partial charge in [-0.2, -0.15) is 0 Å². The molecule has 0 unspecified atom stereocenters. The SMILES string of the molecule is O=C(NCCOc1ccc2ccccc2c1)c1ccc2c(c1)CCCC2. The van der Waals surface area contributed by atoms with Crippen LogP contribution in [-0.2, 0) is 12.8 Å². The third kappa shape index (κ3) is 3.72. The summed E-state index contributed by atoms with van der Waals surface area (Å²) in [5, 5.41) is 5.30. The number of hydrogen-bond acceptors (Lipinski definition) is 2. The van der Waals surface area contributed by atoms with Gasteiger partial charge in [-0.15, -0.1) is 0 Å². The summed E-state index contributed by atoms with van der Waals surface area (Å²) in [6.45, 7) is 0.942. The number of hydrogen-bond donors (Lipinski definition) is 1. The first kappa shape index (κ1) is 16.6. The van der Waals surface area contributed by atoms with Crippen LogP contribution in [0.3, 0.4) is 0 Å². The van der Waals surface area contributed by atoms with Crippen molar-refractivity contribution in [1.82, 2.24) is 5.32 Å². The molecule has 0 heterocycles. The van der Waals surface area contributed by atoms with Gasteiger partial charge in [0.2, 0.25) is 0 Å². The zero-order valence-electron chi connectivity index (χ0n) is 14.8. The van der Waals surface area contributed by atoms with E-state index in [1.54, 1.807) is 0 Å². The maximum atomic E-state index is 12.3. The molecule has 0 atom stereocenters. The molecule has 26 heavy (non-hydrogen) atoms. The Balaban J connectivity index is 1.30. The van der Waals surface area contributed by atoms with Crippen LogP contribution < -0.4 is 10.1 Å². The van der Waals surface area contributed by atoms with E-state index in [1.807, 2.05) is 36.4 Å². The van der Waals surface area contributed by atoms with Crippen LogP contribution in [0, 0.1) is 0 Å². The zero-order chi connectivity index (χ0) is 17.8. The molecule has 0 aliphatic heterocycles. The van der Waals surface area contributed by atoms with Gasteiger partial charge in [0, 0.05) is 5.56 Å². The van der Waals surface area contributed by atoms with Gasteiger partial charge in [-0.05, 0) is 71.8 Å². The highest BCUT2D eigenvalue weighted by Gasteiger charge is 2.12. The van der Waals surface area contributed by atoms with Crippen molar-refractivity contribution in [3.05, 3.63) is 77.4 Å². The van der Waals surface area contributed by atoms with Crippen molar-refractivity contribution in [2.24, 2.45) is 0 Å². The van der Waals surface area contributed by atoms with Crippen LogP contribution in [-0.4, -0.2) is 19.1 Å². The summed E-state index contributed by atoms with van der Waals surface area (Å²) < 4.78 is 5.78. The van der Waals surface area contributed by atoms with Crippen LogP contribution in [0.15, 0.2) is 60.7 Å². The third-order valence-electron chi connectivity index (χ3n) is 4.99. The number of carbonyl (C=O) groups is 1. The van der Waals surface area contributed by atoms with E-state index in [2.05, 4.69) is 29.6 Å². The maximum Gasteiger partial charge on any atom is 0.251 e. The fraction of sp³-hybridized carbons (Fsp3) is 0.261. The Morgan fingerprint density at radius 1 is 0.885 bits per heavy atom. The summed E-state index contributed by atoms with van der Waals surface area (Å²) in [5.74, 6) is 0.798. The normalized spacial score (nSPS) is 13.2. The number of ether oxygens (including phenoxy) is 1. The van der Waals surface area contributed by atoms with Crippen LogP contribution in [0.4, 0.5) is 0 Å². The molecule has 0 saturated heterocycles. The van der Waals surface area contributed by atoms with Crippen molar-refractivity contribution in [3.63, 3.8) is 0 Å². The van der Waals surface area contributed by atoms with Gasteiger partial charge in [-0.1, -0.05) is 36.4 Å². The minimum Gasteiger partial charge on any atom is -0.492 e. The molecule has 0 bridgehead atoms. The highest BCUT2D eigenvalue weighted by Crippen LogP contribution is 2.22. The lowest BCUT2D eigenvalue weighted by atomic mass is 9.90. The lowest BCUT2D eigenvalue weighted by Gasteiger charge is -2.16. The van der Waals surface area contributed by atoms with E-state index in [1.165, 1.54) is 29.4 Å². The van der Waals surface area contributed by atoms with Gasteiger partial charge in [0.15, 0.2) is 0 Å². The minimum atomic E-state index is -0.0273. The first-order chi connectivity index (χ1) is 12.8. The van der Waals surface area contributed by atoms with Gasteiger partial charge >= 0.3 is 0 Å². The number of rotatable bonds is 5. The zero-order valence-corrected chi connectivity index (χ0v) is 14.8. The summed E-state index contributed by atoms with van der Waals surface area (Å²) in [6, 6.07) is 20.3. The average Bonchev–Trinajstić information content (AvgIpc) is 2.70. The lowest BCUT2D eigenvalue weighted by molar-refractivity contribution is 0.0947. The fourth-order valence-corrected chi connectivity index (χ4v) is 3.57. The molecule has 0 saturated carbocycles. The second-order valence-electron chi connectivity index (χ2n) is 6.80. The van der Waals surface area contributed by atoms with Crippen molar-refractivity contribution in [2.75, 3.05) is 13.2 Å². The monoisotopic (exact) mass is 345 g/mol. The molecule has 0 fully saturated rings. The van der Waals surface area contributed by atoms with Crippen LogP contribution in [0.1, 0.15) is 34.3 Å². The number of aryl methyl sites for hydroxylation is 2. The molecule has 3 nitrogen and oxygen atoms in total. The minimum absolute atomic E-state index is 0.0273. The number of benzene rings is 3. The summed E-state index contributed by atoms with van der Waals surface area (Å²) in [5.41, 5.74) is 3.47. The van der Waals surface area contributed by atoms with E-state index in [-0.39, 0.29) is 5.91 Å². The van der Waals surface area contributed by atoms with Gasteiger partial charge in [-0.25, -0.2) is 0 Å². The van der Waals surface area contributed by atoms with E-state index in [9.17, 15) is 4.79 Å². The van der Waals surface area contributed by atoms with E-state index in [0.717, 1.165) is 29.5 Å². The summed E-state index contributed by atoms with van der Waals surface area (Å²) in [4.78, 5) is 12.3. The Labute approximate surface area is 154 Å². The predicted octanol–water partition coefficient (Wildman–Crippen LogP) is 4.53. The third-order valence-corrected chi connectivity index (χ3v) is 4.99.